The van der Waals surface area contributed by atoms with E-state index in [1.807, 2.05) is 36.6 Å². The van der Waals surface area contributed by atoms with Crippen LogP contribution in [0, 0.1) is 0 Å². The van der Waals surface area contributed by atoms with Crippen LogP contribution in [0.15, 0.2) is 53.9 Å². The maximum absolute atomic E-state index is 12.3. The average Bonchev–Trinajstić information content (AvgIpc) is 3.11. The highest BCUT2D eigenvalue weighted by molar-refractivity contribution is 7.14. The van der Waals surface area contributed by atoms with E-state index in [1.54, 1.807) is 42.7 Å². The smallest absolute Gasteiger partial charge is 0.255 e. The van der Waals surface area contributed by atoms with Crippen LogP contribution in [0.3, 0.4) is 0 Å². The standard InChI is InChI=1S/C19H19N3O2S/c1-3-20-19-22-17(12-25-19)13-4-8-15(9-5-13)21-18(23)14-6-10-16(24-2)11-7-14/h4-12H,3H2,1-2H3,(H,20,22)(H,21,23). The maximum atomic E-state index is 12.3. The van der Waals surface area contributed by atoms with Crippen LogP contribution < -0.4 is 15.4 Å². The third-order valence-corrected chi connectivity index (χ3v) is 4.42. The van der Waals surface area contributed by atoms with E-state index in [0.29, 0.717) is 5.56 Å². The number of ether oxygens (including phenoxy) is 1. The maximum Gasteiger partial charge on any atom is 0.255 e. The summed E-state index contributed by atoms with van der Waals surface area (Å²) in [5.74, 6) is 0.569. The molecule has 2 aromatic carbocycles. The first-order chi connectivity index (χ1) is 12.2. The van der Waals surface area contributed by atoms with Gasteiger partial charge < -0.3 is 15.4 Å². The number of nitrogens with one attached hydrogen (secondary N) is 2. The molecule has 3 aromatic rings. The molecule has 0 aliphatic carbocycles. The zero-order valence-electron chi connectivity index (χ0n) is 14.1. The fraction of sp³-hybridized carbons (Fsp3) is 0.158. The normalized spacial score (nSPS) is 10.3. The van der Waals surface area contributed by atoms with Gasteiger partial charge in [0.25, 0.3) is 5.91 Å². The number of carbonyl (C=O) groups excluding carboxylic acids is 1. The zero-order chi connectivity index (χ0) is 17.6. The van der Waals surface area contributed by atoms with Crippen LogP contribution in [-0.2, 0) is 0 Å². The predicted molar refractivity (Wildman–Crippen MR) is 103 cm³/mol. The van der Waals surface area contributed by atoms with Gasteiger partial charge in [-0.25, -0.2) is 4.98 Å². The van der Waals surface area contributed by atoms with Gasteiger partial charge in [-0.1, -0.05) is 12.1 Å². The minimum Gasteiger partial charge on any atom is -0.497 e. The Kier molecular flexibility index (Phi) is 5.30. The molecule has 0 aliphatic heterocycles. The van der Waals surface area contributed by atoms with Crippen LogP contribution in [0.2, 0.25) is 0 Å². The molecule has 1 aromatic heterocycles. The second-order valence-corrected chi connectivity index (χ2v) is 6.19. The van der Waals surface area contributed by atoms with Crippen molar-refractivity contribution in [2.24, 2.45) is 0 Å². The summed E-state index contributed by atoms with van der Waals surface area (Å²) < 4.78 is 5.10. The van der Waals surface area contributed by atoms with Crippen LogP contribution in [0.1, 0.15) is 17.3 Å². The lowest BCUT2D eigenvalue weighted by Crippen LogP contribution is -2.11. The zero-order valence-corrected chi connectivity index (χ0v) is 14.9. The largest absolute Gasteiger partial charge is 0.497 e. The minimum absolute atomic E-state index is 0.154. The van der Waals surface area contributed by atoms with E-state index in [1.165, 1.54) is 0 Å². The van der Waals surface area contributed by atoms with Gasteiger partial charge in [0, 0.05) is 28.7 Å². The van der Waals surface area contributed by atoms with Gasteiger partial charge >= 0.3 is 0 Å². The van der Waals surface area contributed by atoms with Crippen LogP contribution in [0.4, 0.5) is 10.8 Å². The first kappa shape index (κ1) is 17.0. The number of aromatic nitrogens is 1. The Bertz CT molecular complexity index is 842. The number of hydrogen-bond acceptors (Lipinski definition) is 5. The number of nitrogens with zero attached hydrogens (tertiary/aromatic N) is 1. The number of rotatable bonds is 6. The molecule has 5 nitrogen and oxygen atoms in total. The highest BCUT2D eigenvalue weighted by atomic mass is 32.1. The lowest BCUT2D eigenvalue weighted by Gasteiger charge is -2.07. The molecule has 128 valence electrons. The second kappa shape index (κ2) is 7.81. The van der Waals surface area contributed by atoms with Gasteiger partial charge in [0.15, 0.2) is 5.13 Å². The summed E-state index contributed by atoms with van der Waals surface area (Å²) in [4.78, 5) is 16.8. The molecule has 3 rings (SSSR count). The highest BCUT2D eigenvalue weighted by Crippen LogP contribution is 2.26. The molecule has 0 saturated heterocycles. The SMILES string of the molecule is CCNc1nc(-c2ccc(NC(=O)c3ccc(OC)cc3)cc2)cs1. The monoisotopic (exact) mass is 353 g/mol. The third kappa shape index (κ3) is 4.16. The first-order valence-electron chi connectivity index (χ1n) is 7.95. The number of hydrogen-bond donors (Lipinski definition) is 2. The van der Waals surface area contributed by atoms with Gasteiger partial charge in [-0.15, -0.1) is 11.3 Å². The van der Waals surface area contributed by atoms with Crippen LogP contribution in [-0.4, -0.2) is 24.5 Å². The van der Waals surface area contributed by atoms with Crippen LogP contribution in [0.25, 0.3) is 11.3 Å². The Morgan fingerprint density at radius 1 is 1.12 bits per heavy atom. The molecule has 2 N–H and O–H groups in total. The molecule has 0 bridgehead atoms. The van der Waals surface area contributed by atoms with E-state index in [2.05, 4.69) is 15.6 Å². The molecule has 1 heterocycles. The molecular weight excluding hydrogens is 334 g/mol. The van der Waals surface area contributed by atoms with Crippen molar-refractivity contribution in [1.29, 1.82) is 0 Å². The number of benzene rings is 2. The number of carbonyl (C=O) groups is 1. The Labute approximate surface area is 150 Å². The van der Waals surface area contributed by atoms with Crippen molar-refractivity contribution >= 4 is 28.1 Å². The number of methoxy groups -OCH3 is 1. The molecule has 6 heteroatoms. The summed E-state index contributed by atoms with van der Waals surface area (Å²) in [5, 5.41) is 9.02. The summed E-state index contributed by atoms with van der Waals surface area (Å²) in [7, 11) is 1.60. The summed E-state index contributed by atoms with van der Waals surface area (Å²) in [6.45, 7) is 2.89. The molecule has 0 unspecified atom stereocenters. The van der Waals surface area contributed by atoms with Crippen molar-refractivity contribution in [2.75, 3.05) is 24.3 Å². The Balaban J connectivity index is 1.67. The van der Waals surface area contributed by atoms with Crippen molar-refractivity contribution in [3.8, 4) is 17.0 Å². The van der Waals surface area contributed by atoms with E-state index in [0.717, 1.165) is 34.4 Å². The Morgan fingerprint density at radius 2 is 1.84 bits per heavy atom. The molecule has 1 amide bonds. The summed E-state index contributed by atoms with van der Waals surface area (Å²) in [6, 6.07) is 14.7. The summed E-state index contributed by atoms with van der Waals surface area (Å²) >= 11 is 1.58. The molecular formula is C19H19N3O2S. The predicted octanol–water partition coefficient (Wildman–Crippen LogP) is 4.50. The quantitative estimate of drug-likeness (QED) is 0.685. The van der Waals surface area contributed by atoms with Crippen molar-refractivity contribution < 1.29 is 9.53 Å². The molecule has 0 spiro atoms. The van der Waals surface area contributed by atoms with Gasteiger partial charge in [0.2, 0.25) is 0 Å². The highest BCUT2D eigenvalue weighted by Gasteiger charge is 2.08. The first-order valence-corrected chi connectivity index (χ1v) is 8.83. The molecule has 25 heavy (non-hydrogen) atoms. The lowest BCUT2D eigenvalue weighted by atomic mass is 10.1. The molecule has 0 atom stereocenters. The van der Waals surface area contributed by atoms with Crippen molar-refractivity contribution in [1.82, 2.24) is 4.98 Å². The van der Waals surface area contributed by atoms with E-state index in [9.17, 15) is 4.79 Å². The van der Waals surface area contributed by atoms with E-state index >= 15 is 0 Å². The molecule has 0 fully saturated rings. The summed E-state index contributed by atoms with van der Waals surface area (Å²) in [5.41, 5.74) is 3.27. The summed E-state index contributed by atoms with van der Waals surface area (Å²) in [6.07, 6.45) is 0. The second-order valence-electron chi connectivity index (χ2n) is 5.33. The van der Waals surface area contributed by atoms with Gasteiger partial charge in [0.05, 0.1) is 12.8 Å². The fourth-order valence-electron chi connectivity index (χ4n) is 2.31. The molecule has 0 aliphatic rings. The van der Waals surface area contributed by atoms with Crippen LogP contribution in [0.5, 0.6) is 5.75 Å². The van der Waals surface area contributed by atoms with Crippen molar-refractivity contribution in [2.45, 2.75) is 6.92 Å². The van der Waals surface area contributed by atoms with Crippen molar-refractivity contribution in [3.05, 3.63) is 59.5 Å². The average molecular weight is 353 g/mol. The number of thiazole rings is 1. The van der Waals surface area contributed by atoms with Gasteiger partial charge in [-0.2, -0.15) is 0 Å². The van der Waals surface area contributed by atoms with Crippen LogP contribution >= 0.6 is 11.3 Å². The van der Waals surface area contributed by atoms with E-state index < -0.39 is 0 Å². The van der Waals surface area contributed by atoms with E-state index in [4.69, 9.17) is 4.74 Å². The minimum atomic E-state index is -0.154. The van der Waals surface area contributed by atoms with Crippen molar-refractivity contribution in [3.63, 3.8) is 0 Å². The topological polar surface area (TPSA) is 63.2 Å². The molecule has 0 saturated carbocycles. The lowest BCUT2D eigenvalue weighted by molar-refractivity contribution is 0.102. The number of anilines is 2. The fourth-order valence-corrected chi connectivity index (χ4v) is 3.10. The molecule has 0 radical (unpaired) electrons. The third-order valence-electron chi connectivity index (χ3n) is 3.62. The Morgan fingerprint density at radius 3 is 2.48 bits per heavy atom. The van der Waals surface area contributed by atoms with Gasteiger partial charge in [-0.3, -0.25) is 4.79 Å². The van der Waals surface area contributed by atoms with Gasteiger partial charge in [0.1, 0.15) is 5.75 Å². The Hall–Kier alpha value is -2.86. The number of amides is 1. The van der Waals surface area contributed by atoms with E-state index in [-0.39, 0.29) is 5.91 Å². The van der Waals surface area contributed by atoms with Gasteiger partial charge in [-0.05, 0) is 43.3 Å².